The van der Waals surface area contributed by atoms with Gasteiger partial charge in [-0.15, -0.1) is 0 Å². The van der Waals surface area contributed by atoms with E-state index in [-0.39, 0.29) is 17.6 Å². The molecule has 0 saturated carbocycles. The Morgan fingerprint density at radius 1 is 1.00 bits per heavy atom. The molecule has 1 unspecified atom stereocenters. The molecule has 5 rings (SSSR count). The van der Waals surface area contributed by atoms with Gasteiger partial charge in [-0.25, -0.2) is 17.5 Å². The lowest BCUT2D eigenvalue weighted by atomic mass is 9.94. The number of sulfonamides is 1. The molecular weight excluding hydrogens is 520 g/mol. The topological polar surface area (TPSA) is 78.4 Å². The fraction of sp³-hybridized carbons (Fsp3) is 0.345. The van der Waals surface area contributed by atoms with Crippen LogP contribution < -0.4 is 5.69 Å². The van der Waals surface area contributed by atoms with Crippen LogP contribution in [-0.2, 0) is 10.0 Å². The van der Waals surface area contributed by atoms with E-state index in [2.05, 4.69) is 9.88 Å². The van der Waals surface area contributed by atoms with Gasteiger partial charge in [0, 0.05) is 37.7 Å². The molecule has 9 heteroatoms. The zero-order chi connectivity index (χ0) is 26.7. The van der Waals surface area contributed by atoms with Crippen molar-refractivity contribution in [1.29, 1.82) is 0 Å². The number of nitrogens with zero attached hydrogens (tertiary/aromatic N) is 3. The first-order valence-corrected chi connectivity index (χ1v) is 14.8. The number of benzene rings is 3. The third kappa shape index (κ3) is 5.73. The molecule has 2 heterocycles. The lowest BCUT2D eigenvalue weighted by molar-refractivity contribution is 0.180. The average molecular weight is 553 g/mol. The molecule has 1 aliphatic heterocycles. The number of para-hydroxylation sites is 2. The van der Waals surface area contributed by atoms with Crippen molar-refractivity contribution in [2.24, 2.45) is 0 Å². The van der Waals surface area contributed by atoms with Crippen molar-refractivity contribution in [3.63, 3.8) is 0 Å². The second-order valence-corrected chi connectivity index (χ2v) is 12.5. The van der Waals surface area contributed by atoms with Gasteiger partial charge in [-0.3, -0.25) is 4.57 Å². The largest absolute Gasteiger partial charge is 0.326 e. The third-order valence-electron chi connectivity index (χ3n) is 7.59. The first-order chi connectivity index (χ1) is 18.3. The predicted octanol–water partition coefficient (Wildman–Crippen LogP) is 5.11. The Bertz CT molecular complexity index is 1540. The van der Waals surface area contributed by atoms with Crippen molar-refractivity contribution in [3.8, 4) is 0 Å². The van der Waals surface area contributed by atoms with Gasteiger partial charge in [0.25, 0.3) is 0 Å². The molecule has 1 N–H and O–H groups in total. The SMILES string of the molecule is CN(CC(CCN1CCC(n2c(=O)[nH]c3ccccc32)CC1)c1cccc(Cl)c1)S(=O)(=O)c1ccccc1. The molecule has 1 saturated heterocycles. The van der Waals surface area contributed by atoms with Crippen molar-refractivity contribution >= 4 is 32.7 Å². The summed E-state index contributed by atoms with van der Waals surface area (Å²) in [5.41, 5.74) is 2.82. The Kier molecular flexibility index (Phi) is 8.04. The van der Waals surface area contributed by atoms with Gasteiger partial charge >= 0.3 is 5.69 Å². The Morgan fingerprint density at radius 2 is 1.71 bits per heavy atom. The maximum Gasteiger partial charge on any atom is 0.326 e. The van der Waals surface area contributed by atoms with E-state index in [9.17, 15) is 13.2 Å². The van der Waals surface area contributed by atoms with E-state index in [1.54, 1.807) is 31.3 Å². The van der Waals surface area contributed by atoms with Crippen LogP contribution in [0.15, 0.2) is 88.6 Å². The van der Waals surface area contributed by atoms with E-state index in [1.165, 1.54) is 4.31 Å². The number of H-pyrrole nitrogens is 1. The van der Waals surface area contributed by atoms with Crippen molar-refractivity contribution < 1.29 is 8.42 Å². The fourth-order valence-electron chi connectivity index (χ4n) is 5.48. The van der Waals surface area contributed by atoms with Crippen molar-refractivity contribution in [1.82, 2.24) is 18.8 Å². The first-order valence-electron chi connectivity index (χ1n) is 13.0. The maximum absolute atomic E-state index is 13.2. The Balaban J connectivity index is 1.26. The minimum atomic E-state index is -3.60. The summed E-state index contributed by atoms with van der Waals surface area (Å²) < 4.78 is 29.8. The molecule has 0 bridgehead atoms. The highest BCUT2D eigenvalue weighted by Gasteiger charge is 2.27. The number of likely N-dealkylation sites (N-methyl/N-ethyl adjacent to an activating group) is 1. The van der Waals surface area contributed by atoms with Crippen LogP contribution in [0.2, 0.25) is 5.02 Å². The van der Waals surface area contributed by atoms with Crippen LogP contribution in [0.25, 0.3) is 11.0 Å². The number of halogens is 1. The zero-order valence-electron chi connectivity index (χ0n) is 21.5. The van der Waals surface area contributed by atoms with E-state index >= 15 is 0 Å². The summed E-state index contributed by atoms with van der Waals surface area (Å²) in [4.78, 5) is 18.3. The maximum atomic E-state index is 13.2. The van der Waals surface area contributed by atoms with E-state index in [0.717, 1.165) is 55.5 Å². The normalized spacial score (nSPS) is 16.3. The van der Waals surface area contributed by atoms with E-state index in [4.69, 9.17) is 11.6 Å². The van der Waals surface area contributed by atoms with Gasteiger partial charge in [-0.2, -0.15) is 0 Å². The summed E-state index contributed by atoms with van der Waals surface area (Å²) in [6.07, 6.45) is 2.59. The second-order valence-electron chi connectivity index (χ2n) is 10.0. The standard InChI is InChI=1S/C29H33ClN4O3S/c1-32(38(36,37)26-10-3-2-4-11-26)21-23(22-8-7-9-24(30)20-22)14-17-33-18-15-25(16-19-33)34-28-13-6-5-12-27(28)31-29(34)35/h2-13,20,23,25H,14-19,21H2,1H3,(H,31,35). The molecule has 0 spiro atoms. The van der Waals surface area contributed by atoms with Gasteiger partial charge in [0.15, 0.2) is 0 Å². The summed E-state index contributed by atoms with van der Waals surface area (Å²) in [6.45, 7) is 2.97. The molecule has 1 atom stereocenters. The molecule has 1 aliphatic rings. The van der Waals surface area contributed by atoms with Crippen LogP contribution >= 0.6 is 11.6 Å². The molecule has 3 aromatic carbocycles. The predicted molar refractivity (Wildman–Crippen MR) is 152 cm³/mol. The summed E-state index contributed by atoms with van der Waals surface area (Å²) in [5.74, 6) is -0.00820. The molecule has 200 valence electrons. The van der Waals surface area contributed by atoms with Gasteiger partial charge in [0.2, 0.25) is 10.0 Å². The zero-order valence-corrected chi connectivity index (χ0v) is 23.0. The van der Waals surface area contributed by atoms with Crippen LogP contribution in [0.4, 0.5) is 0 Å². The number of rotatable bonds is 9. The second kappa shape index (κ2) is 11.5. The minimum absolute atomic E-state index is 0.00820. The number of nitrogens with one attached hydrogen (secondary N) is 1. The van der Waals surface area contributed by atoms with Crippen LogP contribution in [0.5, 0.6) is 0 Å². The van der Waals surface area contributed by atoms with Gasteiger partial charge in [0.05, 0.1) is 15.9 Å². The fourth-order valence-corrected chi connectivity index (χ4v) is 6.92. The van der Waals surface area contributed by atoms with E-state index < -0.39 is 10.0 Å². The Hall–Kier alpha value is -2.91. The van der Waals surface area contributed by atoms with Gasteiger partial charge < -0.3 is 9.88 Å². The van der Waals surface area contributed by atoms with Crippen LogP contribution in [0, 0.1) is 0 Å². The molecule has 38 heavy (non-hydrogen) atoms. The number of hydrogen-bond acceptors (Lipinski definition) is 4. The van der Waals surface area contributed by atoms with Gasteiger partial charge in [0.1, 0.15) is 0 Å². The summed E-state index contributed by atoms with van der Waals surface area (Å²) >= 11 is 6.31. The molecule has 0 radical (unpaired) electrons. The third-order valence-corrected chi connectivity index (χ3v) is 9.66. The van der Waals surface area contributed by atoms with Crippen molar-refractivity contribution in [2.45, 2.75) is 36.1 Å². The van der Waals surface area contributed by atoms with Gasteiger partial charge in [-0.1, -0.05) is 54.1 Å². The number of imidazole rings is 1. The number of fused-ring (bicyclic) bond motifs is 1. The average Bonchev–Trinajstić information content (AvgIpc) is 3.27. The van der Waals surface area contributed by atoms with E-state index in [1.807, 2.05) is 59.2 Å². The molecule has 7 nitrogen and oxygen atoms in total. The molecule has 1 aromatic heterocycles. The highest BCUT2D eigenvalue weighted by molar-refractivity contribution is 7.89. The monoisotopic (exact) mass is 552 g/mol. The summed E-state index contributed by atoms with van der Waals surface area (Å²) in [6, 6.07) is 24.3. The molecular formula is C29H33ClN4O3S. The van der Waals surface area contributed by atoms with Crippen LogP contribution in [-0.4, -0.2) is 60.4 Å². The number of likely N-dealkylation sites (tertiary alicyclic amines) is 1. The summed E-state index contributed by atoms with van der Waals surface area (Å²) in [7, 11) is -1.96. The molecule has 0 aliphatic carbocycles. The van der Waals surface area contributed by atoms with Crippen molar-refractivity contribution in [2.75, 3.05) is 33.2 Å². The van der Waals surface area contributed by atoms with Crippen LogP contribution in [0.3, 0.4) is 0 Å². The van der Waals surface area contributed by atoms with Gasteiger partial charge in [-0.05, 0) is 73.7 Å². The number of hydrogen-bond donors (Lipinski definition) is 1. The quantitative estimate of drug-likeness (QED) is 0.313. The van der Waals surface area contributed by atoms with Crippen molar-refractivity contribution in [3.05, 3.63) is 99.9 Å². The lowest BCUT2D eigenvalue weighted by Crippen LogP contribution is -2.38. The summed E-state index contributed by atoms with van der Waals surface area (Å²) in [5, 5.41) is 0.644. The number of aromatic amines is 1. The molecule has 4 aromatic rings. The minimum Gasteiger partial charge on any atom is -0.306 e. The highest BCUT2D eigenvalue weighted by Crippen LogP contribution is 2.29. The lowest BCUT2D eigenvalue weighted by Gasteiger charge is -2.34. The molecule has 0 amide bonds. The smallest absolute Gasteiger partial charge is 0.306 e. The highest BCUT2D eigenvalue weighted by atomic mass is 35.5. The first kappa shape index (κ1) is 26.7. The van der Waals surface area contributed by atoms with Crippen LogP contribution in [0.1, 0.15) is 36.8 Å². The number of aromatic nitrogens is 2. The van der Waals surface area contributed by atoms with E-state index in [0.29, 0.717) is 16.5 Å². The number of piperidine rings is 1. The molecule has 1 fully saturated rings. The Labute approximate surface area is 228 Å². The Morgan fingerprint density at radius 3 is 2.45 bits per heavy atom.